The molecule has 330 valence electrons. The minimum atomic E-state index is -1.25. The number of imide groups is 1. The van der Waals surface area contributed by atoms with Crippen LogP contribution in [-0.2, 0) is 26.2 Å². The third kappa shape index (κ3) is 8.25. The highest BCUT2D eigenvalue weighted by Crippen LogP contribution is 2.62. The number of hydrogen-bond donors (Lipinski definition) is 4. The molecule has 6 aliphatic rings. The van der Waals surface area contributed by atoms with Crippen LogP contribution in [-0.4, -0.2) is 122 Å². The molecule has 5 fully saturated rings. The number of hydrogen-bond acceptors (Lipinski definition) is 8. The second-order valence-electron chi connectivity index (χ2n) is 18.2. The number of urea groups is 1. The van der Waals surface area contributed by atoms with Gasteiger partial charge in [0, 0.05) is 99.2 Å². The SMILES string of the molecule is O=C1CCN(c2ccc(CCCN3CCN(CCN4CCC(NC(=O)[C@@H]5NC6(CCCCC6)[C@@]6(C(=O)Nc7cc(Cl)ccc76)[C@H]5c5cccc(Cl)c5F)CC4)CC3)cc2)C(=O)N1. The zero-order chi connectivity index (χ0) is 43.0. The van der Waals surface area contributed by atoms with E-state index in [0.29, 0.717) is 36.5 Å². The fourth-order valence-electron chi connectivity index (χ4n) is 11.5. The first-order valence-corrected chi connectivity index (χ1v) is 23.3. The van der Waals surface area contributed by atoms with Crippen molar-refractivity contribution in [1.82, 2.24) is 30.7 Å². The van der Waals surface area contributed by atoms with Crippen molar-refractivity contribution in [3.8, 4) is 0 Å². The first-order chi connectivity index (χ1) is 30.0. The van der Waals surface area contributed by atoms with Crippen LogP contribution in [0, 0.1) is 5.82 Å². The molecule has 0 radical (unpaired) electrons. The fraction of sp³-hybridized carbons (Fsp3) is 0.532. The Morgan fingerprint density at radius 3 is 2.21 bits per heavy atom. The summed E-state index contributed by atoms with van der Waals surface area (Å²) in [5, 5.41) is 13.1. The molecular weight excluding hydrogens is 830 g/mol. The fourth-order valence-corrected chi connectivity index (χ4v) is 11.8. The Bertz CT molecular complexity index is 2170. The molecule has 5 amide bonds. The summed E-state index contributed by atoms with van der Waals surface area (Å²) in [4.78, 5) is 62.2. The van der Waals surface area contributed by atoms with Gasteiger partial charge in [0.25, 0.3) is 0 Å². The summed E-state index contributed by atoms with van der Waals surface area (Å²) in [7, 11) is 0. The number of carbonyl (C=O) groups excluding carboxylic acids is 4. The Morgan fingerprint density at radius 1 is 0.806 bits per heavy atom. The number of aryl methyl sites for hydroxylation is 1. The number of nitrogens with one attached hydrogen (secondary N) is 4. The van der Waals surface area contributed by atoms with Crippen molar-refractivity contribution in [2.45, 2.75) is 93.2 Å². The Balaban J connectivity index is 0.769. The molecule has 12 nitrogen and oxygen atoms in total. The molecule has 1 aliphatic carbocycles. The molecule has 1 saturated carbocycles. The van der Waals surface area contributed by atoms with Crippen LogP contribution < -0.4 is 26.2 Å². The molecule has 5 heterocycles. The minimum absolute atomic E-state index is 0.0302. The predicted molar refractivity (Wildman–Crippen MR) is 239 cm³/mol. The Hall–Kier alpha value is -4.11. The summed E-state index contributed by atoms with van der Waals surface area (Å²) in [6, 6.07) is 17.2. The molecule has 3 aromatic rings. The van der Waals surface area contributed by atoms with Crippen molar-refractivity contribution >= 4 is 58.3 Å². The van der Waals surface area contributed by atoms with Gasteiger partial charge in [-0.25, -0.2) is 9.18 Å². The molecule has 9 rings (SSSR count). The van der Waals surface area contributed by atoms with Gasteiger partial charge in [-0.05, 0) is 92.1 Å². The second-order valence-corrected chi connectivity index (χ2v) is 19.0. The predicted octanol–water partition coefficient (Wildman–Crippen LogP) is 6.06. The molecule has 3 atom stereocenters. The van der Waals surface area contributed by atoms with E-state index in [1.807, 2.05) is 18.2 Å². The van der Waals surface area contributed by atoms with E-state index in [1.165, 1.54) is 11.6 Å². The van der Waals surface area contributed by atoms with Crippen LogP contribution >= 0.6 is 23.2 Å². The van der Waals surface area contributed by atoms with Gasteiger partial charge < -0.3 is 20.4 Å². The van der Waals surface area contributed by atoms with E-state index in [9.17, 15) is 19.2 Å². The van der Waals surface area contributed by atoms with E-state index in [1.54, 1.807) is 29.2 Å². The zero-order valence-corrected chi connectivity index (χ0v) is 36.7. The van der Waals surface area contributed by atoms with E-state index >= 15 is 4.39 Å². The van der Waals surface area contributed by atoms with Crippen LogP contribution in [0.2, 0.25) is 10.0 Å². The van der Waals surface area contributed by atoms with Crippen molar-refractivity contribution in [3.63, 3.8) is 0 Å². The maximum Gasteiger partial charge on any atom is 0.328 e. The van der Waals surface area contributed by atoms with E-state index < -0.39 is 28.7 Å². The van der Waals surface area contributed by atoms with E-state index in [2.05, 4.69) is 48.1 Å². The number of piperazine rings is 1. The lowest BCUT2D eigenvalue weighted by atomic mass is 9.55. The summed E-state index contributed by atoms with van der Waals surface area (Å²) in [5.74, 6) is -2.10. The number of halogens is 3. The number of amides is 5. The standard InChI is InChI=1S/C47H57Cl2FN8O4/c48-32-11-14-36-38(30-32)52-44(61)47(36)40(35-7-4-8-37(49)41(35)50)42(54-46(47)18-2-1-3-19-46)43(60)51-33-15-21-56(22-16-33)26-29-57-27-24-55(25-28-57)20-5-6-31-9-12-34(13-10-31)58-23-17-39(59)53-45(58)62/h4,7-14,30,33,40,42,54H,1-3,5-6,15-29H2,(H,51,60)(H,52,61)(H,53,59,62)/t40-,42+,47+/m0/s1. The number of benzene rings is 3. The number of fused-ring (bicyclic) bond motifs is 3. The topological polar surface area (TPSA) is 129 Å². The molecular formula is C47H57Cl2FN8O4. The van der Waals surface area contributed by atoms with Crippen LogP contribution in [0.1, 0.15) is 80.4 Å². The lowest BCUT2D eigenvalue weighted by molar-refractivity contribution is -0.125. The van der Waals surface area contributed by atoms with Crippen molar-refractivity contribution < 1.29 is 23.6 Å². The van der Waals surface area contributed by atoms with Gasteiger partial charge in [0.15, 0.2) is 0 Å². The molecule has 15 heteroatoms. The third-order valence-electron chi connectivity index (χ3n) is 14.7. The van der Waals surface area contributed by atoms with Gasteiger partial charge in [-0.1, -0.05) is 72.8 Å². The highest BCUT2D eigenvalue weighted by Gasteiger charge is 2.72. The van der Waals surface area contributed by atoms with Gasteiger partial charge in [-0.3, -0.25) is 34.8 Å². The number of anilines is 2. The van der Waals surface area contributed by atoms with Crippen LogP contribution in [0.25, 0.3) is 0 Å². The quantitative estimate of drug-likeness (QED) is 0.183. The first-order valence-electron chi connectivity index (χ1n) is 22.6. The van der Waals surface area contributed by atoms with Gasteiger partial charge in [0.2, 0.25) is 17.7 Å². The largest absolute Gasteiger partial charge is 0.352 e. The monoisotopic (exact) mass is 886 g/mol. The van der Waals surface area contributed by atoms with Gasteiger partial charge in [-0.2, -0.15) is 0 Å². The average Bonchev–Trinajstić information content (AvgIpc) is 3.72. The lowest BCUT2D eigenvalue weighted by Crippen LogP contribution is -2.60. The van der Waals surface area contributed by atoms with Crippen LogP contribution in [0.4, 0.5) is 20.6 Å². The number of piperidine rings is 1. The van der Waals surface area contributed by atoms with Crippen molar-refractivity contribution in [3.05, 3.63) is 93.2 Å². The molecule has 0 bridgehead atoms. The number of likely N-dealkylation sites (tertiary alicyclic amines) is 1. The highest BCUT2D eigenvalue weighted by atomic mass is 35.5. The molecule has 2 spiro atoms. The molecule has 3 aromatic carbocycles. The van der Waals surface area contributed by atoms with Crippen LogP contribution in [0.5, 0.6) is 0 Å². The van der Waals surface area contributed by atoms with E-state index in [-0.39, 0.29) is 40.4 Å². The Labute approximate surface area is 373 Å². The molecule has 0 unspecified atom stereocenters. The van der Waals surface area contributed by atoms with Gasteiger partial charge in [-0.15, -0.1) is 0 Å². The number of nitrogens with zero attached hydrogens (tertiary/aromatic N) is 4. The smallest absolute Gasteiger partial charge is 0.328 e. The molecule has 4 N–H and O–H groups in total. The summed E-state index contributed by atoms with van der Waals surface area (Å²) >= 11 is 12.9. The highest BCUT2D eigenvalue weighted by molar-refractivity contribution is 6.31. The Kier molecular flexibility index (Phi) is 12.6. The molecule has 4 saturated heterocycles. The van der Waals surface area contributed by atoms with Crippen molar-refractivity contribution in [2.75, 3.05) is 75.7 Å². The zero-order valence-electron chi connectivity index (χ0n) is 35.2. The third-order valence-corrected chi connectivity index (χ3v) is 15.2. The summed E-state index contributed by atoms with van der Waals surface area (Å²) in [6.07, 6.45) is 8.18. The first kappa shape index (κ1) is 43.2. The maximum absolute atomic E-state index is 16.3. The van der Waals surface area contributed by atoms with Crippen molar-refractivity contribution in [2.24, 2.45) is 0 Å². The molecule has 62 heavy (non-hydrogen) atoms. The number of carbonyl (C=O) groups is 4. The van der Waals surface area contributed by atoms with E-state index in [0.717, 1.165) is 115 Å². The Morgan fingerprint density at radius 2 is 1.50 bits per heavy atom. The summed E-state index contributed by atoms with van der Waals surface area (Å²) in [5.41, 5.74) is 1.68. The van der Waals surface area contributed by atoms with E-state index in [4.69, 9.17) is 23.2 Å². The van der Waals surface area contributed by atoms with Gasteiger partial charge in [0.1, 0.15) is 11.2 Å². The van der Waals surface area contributed by atoms with Crippen molar-refractivity contribution in [1.29, 1.82) is 0 Å². The average molecular weight is 888 g/mol. The van der Waals surface area contributed by atoms with Gasteiger partial charge >= 0.3 is 6.03 Å². The van der Waals surface area contributed by atoms with Crippen LogP contribution in [0.15, 0.2) is 60.7 Å². The van der Waals surface area contributed by atoms with Crippen LogP contribution in [0.3, 0.4) is 0 Å². The lowest BCUT2D eigenvalue weighted by Gasteiger charge is -2.47. The normalized spacial score (nSPS) is 25.9. The maximum atomic E-state index is 16.3. The summed E-state index contributed by atoms with van der Waals surface area (Å²) < 4.78 is 16.3. The molecule has 5 aliphatic heterocycles. The number of rotatable bonds is 11. The molecule has 0 aromatic heterocycles. The second kappa shape index (κ2) is 18.2. The summed E-state index contributed by atoms with van der Waals surface area (Å²) in [6.45, 7) is 9.40. The van der Waals surface area contributed by atoms with Gasteiger partial charge in [0.05, 0.1) is 11.1 Å². The minimum Gasteiger partial charge on any atom is -0.352 e.